The third-order valence-corrected chi connectivity index (χ3v) is 6.86. The van der Waals surface area contributed by atoms with Gasteiger partial charge in [0.25, 0.3) is 0 Å². The van der Waals surface area contributed by atoms with Crippen LogP contribution in [0.3, 0.4) is 0 Å². The van der Waals surface area contributed by atoms with Gasteiger partial charge in [-0.2, -0.15) is 0 Å². The topological polar surface area (TPSA) is 52.6 Å². The fraction of sp³-hybridized carbons (Fsp3) is 0.588. The van der Waals surface area contributed by atoms with Gasteiger partial charge in [-0.25, -0.2) is 0 Å². The van der Waals surface area contributed by atoms with Crippen LogP contribution < -0.4 is 9.47 Å². The summed E-state index contributed by atoms with van der Waals surface area (Å²) in [5.41, 5.74) is 0. The summed E-state index contributed by atoms with van der Waals surface area (Å²) < 4.78 is 22.9. The monoisotopic (exact) mass is 322 g/mol. The van der Waals surface area contributed by atoms with Gasteiger partial charge in [0.1, 0.15) is 5.78 Å². The Morgan fingerprint density at radius 3 is 2.45 bits per heavy atom. The molecular formula is C17H22O4S. The molecule has 2 bridgehead atoms. The van der Waals surface area contributed by atoms with Crippen molar-refractivity contribution >= 4 is 16.6 Å². The van der Waals surface area contributed by atoms with Crippen molar-refractivity contribution in [3.8, 4) is 11.5 Å². The maximum absolute atomic E-state index is 12.4. The van der Waals surface area contributed by atoms with Crippen LogP contribution in [0.4, 0.5) is 0 Å². The van der Waals surface area contributed by atoms with Crippen LogP contribution in [-0.2, 0) is 15.6 Å². The lowest BCUT2D eigenvalue weighted by Gasteiger charge is -2.26. The van der Waals surface area contributed by atoms with Crippen LogP contribution in [0.2, 0.25) is 0 Å². The number of carbonyl (C=O) groups is 1. The smallest absolute Gasteiger partial charge is 0.161 e. The Bertz CT molecular complexity index is 556. The average Bonchev–Trinajstić information content (AvgIpc) is 2.76. The Morgan fingerprint density at radius 1 is 1.18 bits per heavy atom. The number of ether oxygens (including phenoxy) is 2. The van der Waals surface area contributed by atoms with Gasteiger partial charge < -0.3 is 9.47 Å². The predicted molar refractivity (Wildman–Crippen MR) is 85.8 cm³/mol. The van der Waals surface area contributed by atoms with Gasteiger partial charge in [-0.05, 0) is 37.8 Å². The summed E-state index contributed by atoms with van der Waals surface area (Å²) in [5.74, 6) is 1.68. The summed E-state index contributed by atoms with van der Waals surface area (Å²) in [5, 5.41) is 0.505. The van der Waals surface area contributed by atoms with Crippen LogP contribution in [-0.4, -0.2) is 34.2 Å². The number of rotatable bonds is 6. The van der Waals surface area contributed by atoms with Gasteiger partial charge >= 0.3 is 0 Å². The van der Waals surface area contributed by atoms with E-state index in [2.05, 4.69) is 0 Å². The molecule has 2 aliphatic rings. The highest BCUT2D eigenvalue weighted by atomic mass is 32.2. The fourth-order valence-corrected chi connectivity index (χ4v) is 5.62. The lowest BCUT2D eigenvalue weighted by atomic mass is 9.93. The summed E-state index contributed by atoms with van der Waals surface area (Å²) in [6.45, 7) is 0.369. The first-order valence-corrected chi connectivity index (χ1v) is 9.14. The average molecular weight is 322 g/mol. The second kappa shape index (κ2) is 6.82. The number of benzene rings is 1. The van der Waals surface area contributed by atoms with Crippen molar-refractivity contribution in [2.24, 2.45) is 5.92 Å². The number of ketones is 1. The molecule has 4 nitrogen and oxygen atoms in total. The molecule has 1 aromatic carbocycles. The first kappa shape index (κ1) is 15.5. The van der Waals surface area contributed by atoms with Gasteiger partial charge in [0.15, 0.2) is 11.5 Å². The number of fused-ring (bicyclic) bond motifs is 2. The normalized spacial score (nSPS) is 30.0. The van der Waals surface area contributed by atoms with Crippen LogP contribution >= 0.6 is 0 Å². The Kier molecular flexibility index (Phi) is 4.81. The van der Waals surface area contributed by atoms with Crippen LogP contribution in [0.1, 0.15) is 32.1 Å². The lowest BCUT2D eigenvalue weighted by molar-refractivity contribution is -0.123. The molecule has 1 aromatic rings. The molecule has 0 amide bonds. The minimum atomic E-state index is -0.696. The molecule has 120 valence electrons. The van der Waals surface area contributed by atoms with E-state index in [1.165, 1.54) is 0 Å². The van der Waals surface area contributed by atoms with Crippen LogP contribution in [0.25, 0.3) is 0 Å². The molecule has 22 heavy (non-hydrogen) atoms. The molecule has 0 N–H and O–H groups in total. The van der Waals surface area contributed by atoms with Crippen molar-refractivity contribution in [3.05, 3.63) is 24.3 Å². The fourth-order valence-electron chi connectivity index (χ4n) is 3.50. The standard InChI is InChI=1S/C17H22O4S/c1-20-16-4-2-3-5-17(16)21-9-8-15(18)12-10-13-6-7-14(11-12)22(13)19/h2-5,12-14H,6-11H2,1H3. The van der Waals surface area contributed by atoms with Gasteiger partial charge in [0.05, 0.1) is 13.7 Å². The highest BCUT2D eigenvalue weighted by Gasteiger charge is 2.42. The highest BCUT2D eigenvalue weighted by molar-refractivity contribution is 7.86. The molecule has 3 rings (SSSR count). The van der Waals surface area contributed by atoms with E-state index in [9.17, 15) is 9.00 Å². The number of para-hydroxylation sites is 2. The second-order valence-electron chi connectivity index (χ2n) is 6.03. The van der Waals surface area contributed by atoms with Crippen molar-refractivity contribution in [2.75, 3.05) is 13.7 Å². The van der Waals surface area contributed by atoms with Crippen LogP contribution in [0, 0.1) is 5.92 Å². The van der Waals surface area contributed by atoms with E-state index in [0.29, 0.717) is 24.5 Å². The largest absolute Gasteiger partial charge is 0.493 e. The molecular weight excluding hydrogens is 300 g/mol. The molecule has 0 aromatic heterocycles. The molecule has 0 aliphatic carbocycles. The van der Waals surface area contributed by atoms with E-state index < -0.39 is 10.8 Å². The van der Waals surface area contributed by atoms with Gasteiger partial charge in [0, 0.05) is 33.6 Å². The summed E-state index contributed by atoms with van der Waals surface area (Å²) in [4.78, 5) is 12.4. The van der Waals surface area contributed by atoms with E-state index in [1.807, 2.05) is 24.3 Å². The van der Waals surface area contributed by atoms with E-state index >= 15 is 0 Å². The lowest BCUT2D eigenvalue weighted by Crippen LogP contribution is -2.32. The molecule has 2 atom stereocenters. The van der Waals surface area contributed by atoms with Crippen molar-refractivity contribution in [1.82, 2.24) is 0 Å². The van der Waals surface area contributed by atoms with Crippen molar-refractivity contribution in [2.45, 2.75) is 42.6 Å². The Balaban J connectivity index is 1.50. The summed E-state index contributed by atoms with van der Waals surface area (Å²) in [7, 11) is 0.907. The maximum Gasteiger partial charge on any atom is 0.161 e. The quantitative estimate of drug-likeness (QED) is 0.808. The molecule has 2 aliphatic heterocycles. The minimum absolute atomic E-state index is 0.0801. The Hall–Kier alpha value is -1.36. The van der Waals surface area contributed by atoms with Gasteiger partial charge in [-0.3, -0.25) is 9.00 Å². The molecule has 2 saturated heterocycles. The molecule has 0 spiro atoms. The number of hydrogen-bond acceptors (Lipinski definition) is 4. The van der Waals surface area contributed by atoms with Crippen molar-refractivity contribution in [3.63, 3.8) is 0 Å². The van der Waals surface area contributed by atoms with Crippen LogP contribution in [0.5, 0.6) is 11.5 Å². The summed E-state index contributed by atoms with van der Waals surface area (Å²) in [6.07, 6.45) is 4.07. The van der Waals surface area contributed by atoms with E-state index in [-0.39, 0.29) is 22.2 Å². The zero-order valence-electron chi connectivity index (χ0n) is 12.8. The molecule has 2 heterocycles. The zero-order chi connectivity index (χ0) is 15.5. The third-order valence-electron chi connectivity index (χ3n) is 4.69. The number of hydrogen-bond donors (Lipinski definition) is 0. The Labute approximate surface area is 133 Å². The number of methoxy groups -OCH3 is 1. The summed E-state index contributed by atoms with van der Waals surface area (Å²) >= 11 is 0. The van der Waals surface area contributed by atoms with Gasteiger partial charge in [-0.1, -0.05) is 12.1 Å². The minimum Gasteiger partial charge on any atom is -0.493 e. The predicted octanol–water partition coefficient (Wildman–Crippen LogP) is 2.72. The molecule has 0 saturated carbocycles. The molecule has 5 heteroatoms. The Morgan fingerprint density at radius 2 is 1.82 bits per heavy atom. The van der Waals surface area contributed by atoms with Crippen molar-refractivity contribution in [1.29, 1.82) is 0 Å². The van der Waals surface area contributed by atoms with E-state index in [1.54, 1.807) is 7.11 Å². The first-order chi connectivity index (χ1) is 10.7. The van der Waals surface area contributed by atoms with Crippen molar-refractivity contribution < 1.29 is 18.5 Å². The number of carbonyl (C=O) groups excluding carboxylic acids is 1. The summed E-state index contributed by atoms with van der Waals surface area (Å²) in [6, 6.07) is 7.45. The van der Waals surface area contributed by atoms with Gasteiger partial charge in [-0.15, -0.1) is 0 Å². The van der Waals surface area contributed by atoms with Crippen LogP contribution in [0.15, 0.2) is 24.3 Å². The first-order valence-electron chi connectivity index (χ1n) is 7.87. The van der Waals surface area contributed by atoms with E-state index in [4.69, 9.17) is 9.47 Å². The second-order valence-corrected chi connectivity index (χ2v) is 8.02. The molecule has 2 fully saturated rings. The maximum atomic E-state index is 12.4. The molecule has 0 radical (unpaired) electrons. The third kappa shape index (κ3) is 3.19. The zero-order valence-corrected chi connectivity index (χ0v) is 13.6. The highest BCUT2D eigenvalue weighted by Crippen LogP contribution is 2.39. The van der Waals surface area contributed by atoms with Gasteiger partial charge in [0.2, 0.25) is 0 Å². The van der Waals surface area contributed by atoms with E-state index in [0.717, 1.165) is 25.7 Å². The SMILES string of the molecule is COc1ccccc1OCCC(=O)C1CC2CCC(C1)S2=O. The molecule has 2 unspecified atom stereocenters. The number of Topliss-reactive ketones (excluding diaryl/α,β-unsaturated/α-hetero) is 1.